The zero-order valence-electron chi connectivity index (χ0n) is 18.6. The summed E-state index contributed by atoms with van der Waals surface area (Å²) >= 11 is 0. The molecule has 5 rings (SSSR count). The lowest BCUT2D eigenvalue weighted by molar-refractivity contribution is -0.137. The minimum atomic E-state index is -4.43. The largest absolute Gasteiger partial charge is 0.416 e. The Kier molecular flexibility index (Phi) is 5.48. The zero-order chi connectivity index (χ0) is 24.3. The molecule has 0 radical (unpaired) electrons. The van der Waals surface area contributed by atoms with Gasteiger partial charge in [0.05, 0.1) is 10.5 Å². The van der Waals surface area contributed by atoms with Gasteiger partial charge in [-0.15, -0.1) is 0 Å². The molecule has 1 fully saturated rings. The number of Topliss-reactive ketones (excluding diaryl/α,β-unsaturated/α-hetero) is 1. The molecule has 2 aromatic carbocycles. The van der Waals surface area contributed by atoms with Gasteiger partial charge in [-0.3, -0.25) is 4.79 Å². The van der Waals surface area contributed by atoms with Crippen molar-refractivity contribution in [3.8, 4) is 0 Å². The normalized spacial score (nSPS) is 17.9. The number of benzene rings is 2. The molecule has 1 saturated heterocycles. The topological polar surface area (TPSA) is 73.5 Å². The molecule has 1 aromatic heterocycles. The number of rotatable bonds is 3. The van der Waals surface area contributed by atoms with Crippen LogP contribution in [0.5, 0.6) is 0 Å². The number of hydrogen-bond acceptors (Lipinski definition) is 4. The van der Waals surface area contributed by atoms with Crippen molar-refractivity contribution in [2.24, 2.45) is 0 Å². The lowest BCUT2D eigenvalue weighted by atomic mass is 9.94. The highest BCUT2D eigenvalue weighted by atomic mass is 32.2. The maximum Gasteiger partial charge on any atom is 0.416 e. The average molecular weight is 492 g/mol. The summed E-state index contributed by atoms with van der Waals surface area (Å²) in [4.78, 5) is 17.6. The van der Waals surface area contributed by atoms with E-state index in [1.54, 1.807) is 30.0 Å². The van der Waals surface area contributed by atoms with Crippen LogP contribution in [0.2, 0.25) is 0 Å². The third kappa shape index (κ3) is 3.88. The van der Waals surface area contributed by atoms with Crippen molar-refractivity contribution in [1.29, 1.82) is 0 Å². The Balaban J connectivity index is 1.39. The van der Waals surface area contributed by atoms with Crippen LogP contribution < -0.4 is 4.90 Å². The summed E-state index contributed by atoms with van der Waals surface area (Å²) in [6, 6.07) is 8.45. The van der Waals surface area contributed by atoms with E-state index in [-0.39, 0.29) is 36.9 Å². The van der Waals surface area contributed by atoms with Crippen LogP contribution >= 0.6 is 0 Å². The summed E-state index contributed by atoms with van der Waals surface area (Å²) in [6.45, 7) is 2.61. The number of H-pyrrole nitrogens is 1. The Morgan fingerprint density at radius 3 is 2.44 bits per heavy atom. The number of sulfonamides is 1. The number of anilines is 1. The lowest BCUT2D eigenvalue weighted by Crippen LogP contribution is -2.48. The third-order valence-corrected chi connectivity index (χ3v) is 8.72. The van der Waals surface area contributed by atoms with Crippen LogP contribution in [-0.4, -0.2) is 49.7 Å². The number of carbonyl (C=O) groups excluding carboxylic acids is 1. The molecule has 2 heterocycles. The van der Waals surface area contributed by atoms with E-state index >= 15 is 0 Å². The first-order valence-corrected chi connectivity index (χ1v) is 12.6. The SMILES string of the molecule is Cc1cc2c3c([nH]c2cc1S(=O)(=O)N1CCN(c2cccc(C(F)(F)F)c2)CC1)CCCC3=O. The first-order valence-electron chi connectivity index (χ1n) is 11.2. The Morgan fingerprint density at radius 2 is 1.74 bits per heavy atom. The number of aryl methyl sites for hydroxylation is 2. The number of carbonyl (C=O) groups is 1. The first kappa shape index (κ1) is 22.9. The molecule has 10 heteroatoms. The van der Waals surface area contributed by atoms with Crippen molar-refractivity contribution in [2.45, 2.75) is 37.3 Å². The minimum absolute atomic E-state index is 0.0771. The van der Waals surface area contributed by atoms with E-state index in [0.717, 1.165) is 36.1 Å². The van der Waals surface area contributed by atoms with E-state index in [9.17, 15) is 26.4 Å². The fraction of sp³-hybridized carbons (Fsp3) is 0.375. The van der Waals surface area contributed by atoms with Gasteiger partial charge < -0.3 is 9.88 Å². The van der Waals surface area contributed by atoms with Crippen molar-refractivity contribution in [3.63, 3.8) is 0 Å². The van der Waals surface area contributed by atoms with Gasteiger partial charge in [0.25, 0.3) is 0 Å². The maximum absolute atomic E-state index is 13.5. The van der Waals surface area contributed by atoms with Crippen molar-refractivity contribution >= 4 is 32.4 Å². The summed E-state index contributed by atoms with van der Waals surface area (Å²) < 4.78 is 67.5. The molecule has 0 saturated carbocycles. The van der Waals surface area contributed by atoms with Crippen LogP contribution in [0.1, 0.15) is 40.0 Å². The van der Waals surface area contributed by atoms with Crippen molar-refractivity contribution < 1.29 is 26.4 Å². The van der Waals surface area contributed by atoms with Crippen LogP contribution in [0.4, 0.5) is 18.9 Å². The van der Waals surface area contributed by atoms with Crippen LogP contribution in [0.3, 0.4) is 0 Å². The monoisotopic (exact) mass is 491 g/mol. The molecule has 34 heavy (non-hydrogen) atoms. The van der Waals surface area contributed by atoms with E-state index in [1.807, 2.05) is 0 Å². The first-order chi connectivity index (χ1) is 16.1. The molecule has 0 spiro atoms. The highest BCUT2D eigenvalue weighted by molar-refractivity contribution is 7.89. The smallest absolute Gasteiger partial charge is 0.369 e. The van der Waals surface area contributed by atoms with E-state index in [2.05, 4.69) is 4.98 Å². The van der Waals surface area contributed by atoms with Gasteiger partial charge in [0, 0.05) is 60.4 Å². The van der Waals surface area contributed by atoms with E-state index in [1.165, 1.54) is 10.4 Å². The van der Waals surface area contributed by atoms with Crippen LogP contribution in [0.25, 0.3) is 10.9 Å². The zero-order valence-corrected chi connectivity index (χ0v) is 19.4. The second kappa shape index (κ2) is 8.13. The van der Waals surface area contributed by atoms with Crippen LogP contribution in [0, 0.1) is 6.92 Å². The van der Waals surface area contributed by atoms with E-state index in [4.69, 9.17) is 0 Å². The average Bonchev–Trinajstić information content (AvgIpc) is 3.17. The number of ketones is 1. The van der Waals surface area contributed by atoms with E-state index in [0.29, 0.717) is 28.8 Å². The van der Waals surface area contributed by atoms with Gasteiger partial charge in [0.1, 0.15) is 0 Å². The summed E-state index contributed by atoms with van der Waals surface area (Å²) in [7, 11) is -3.81. The lowest BCUT2D eigenvalue weighted by Gasteiger charge is -2.35. The summed E-state index contributed by atoms with van der Waals surface area (Å²) in [5.74, 6) is 0.0771. The van der Waals surface area contributed by atoms with Crippen molar-refractivity contribution in [1.82, 2.24) is 9.29 Å². The molecule has 0 atom stereocenters. The molecule has 3 aromatic rings. The quantitative estimate of drug-likeness (QED) is 0.585. The number of aromatic amines is 1. The fourth-order valence-corrected chi connectivity index (χ4v) is 6.58. The molecule has 0 bridgehead atoms. The number of nitrogens with one attached hydrogen (secondary N) is 1. The Bertz CT molecular complexity index is 1390. The number of aromatic nitrogens is 1. The molecule has 6 nitrogen and oxygen atoms in total. The third-order valence-electron chi connectivity index (χ3n) is 6.68. The van der Waals surface area contributed by atoms with Gasteiger partial charge in [-0.1, -0.05) is 6.07 Å². The predicted molar refractivity (Wildman–Crippen MR) is 123 cm³/mol. The number of hydrogen-bond donors (Lipinski definition) is 1. The Morgan fingerprint density at radius 1 is 1.00 bits per heavy atom. The standard InChI is InChI=1S/C24H24F3N3O3S/c1-15-12-18-20(28-19-6-3-7-21(31)23(18)19)14-22(15)34(32,33)30-10-8-29(9-11-30)17-5-2-4-16(13-17)24(25,26)27/h2,4-5,12-14,28H,3,6-11H2,1H3. The second-order valence-corrected chi connectivity index (χ2v) is 10.8. The summed E-state index contributed by atoms with van der Waals surface area (Å²) in [5, 5.41) is 0.755. The highest BCUT2D eigenvalue weighted by Gasteiger charge is 2.33. The van der Waals surface area contributed by atoms with Gasteiger partial charge in [-0.25, -0.2) is 8.42 Å². The minimum Gasteiger partial charge on any atom is -0.369 e. The molecule has 2 aliphatic rings. The number of halogens is 3. The molecule has 180 valence electrons. The van der Waals surface area contributed by atoms with Gasteiger partial charge in [-0.2, -0.15) is 17.5 Å². The predicted octanol–water partition coefficient (Wildman–Crippen LogP) is 4.53. The van der Waals surface area contributed by atoms with Crippen molar-refractivity contribution in [2.75, 3.05) is 31.1 Å². The molecular formula is C24H24F3N3O3S. The van der Waals surface area contributed by atoms with Gasteiger partial charge >= 0.3 is 6.18 Å². The molecule has 1 aliphatic heterocycles. The second-order valence-electron chi connectivity index (χ2n) is 8.86. The fourth-order valence-electron chi connectivity index (χ4n) is 4.93. The number of nitrogens with zero attached hydrogens (tertiary/aromatic N) is 2. The number of alkyl halides is 3. The van der Waals surface area contributed by atoms with Crippen LogP contribution in [-0.2, 0) is 22.6 Å². The van der Waals surface area contributed by atoms with Gasteiger partial charge in [-0.05, 0) is 55.7 Å². The summed E-state index contributed by atoms with van der Waals surface area (Å²) in [6.07, 6.45) is -2.40. The van der Waals surface area contributed by atoms with Crippen LogP contribution in [0.15, 0.2) is 41.3 Å². The number of fused-ring (bicyclic) bond motifs is 3. The molecule has 0 unspecified atom stereocenters. The Hall–Kier alpha value is -2.85. The molecule has 0 amide bonds. The Labute approximate surface area is 195 Å². The van der Waals surface area contributed by atoms with Gasteiger partial charge in [0.15, 0.2) is 5.78 Å². The maximum atomic E-state index is 13.5. The van der Waals surface area contributed by atoms with E-state index < -0.39 is 21.8 Å². The van der Waals surface area contributed by atoms with Crippen molar-refractivity contribution in [3.05, 3.63) is 58.8 Å². The molecule has 1 N–H and O–H groups in total. The van der Waals surface area contributed by atoms with Gasteiger partial charge in [0.2, 0.25) is 10.0 Å². The molecular weight excluding hydrogens is 467 g/mol. The summed E-state index contributed by atoms with van der Waals surface area (Å²) in [5.41, 5.74) is 2.42. The highest BCUT2D eigenvalue weighted by Crippen LogP contribution is 2.34. The molecule has 1 aliphatic carbocycles. The number of piperazine rings is 1.